The van der Waals surface area contributed by atoms with Crippen LogP contribution in [0.25, 0.3) is 10.9 Å². The highest BCUT2D eigenvalue weighted by Gasteiger charge is 2.18. The summed E-state index contributed by atoms with van der Waals surface area (Å²) in [6.07, 6.45) is 0.207. The molecule has 1 amide bonds. The van der Waals surface area contributed by atoms with Crippen molar-refractivity contribution < 1.29 is 19.5 Å². The number of hydrogen-bond acceptors (Lipinski definition) is 4. The first kappa shape index (κ1) is 13.5. The molecule has 1 aromatic carbocycles. The molecule has 19 heavy (non-hydrogen) atoms. The first-order chi connectivity index (χ1) is 8.95. The van der Waals surface area contributed by atoms with Gasteiger partial charge in [-0.05, 0) is 28.1 Å². The molecular formula is C11H10BrN3O4. The topological polar surface area (TPSA) is 84.7 Å². The van der Waals surface area contributed by atoms with Crippen LogP contribution in [0.1, 0.15) is 10.4 Å². The fourth-order valence-corrected chi connectivity index (χ4v) is 2.15. The average Bonchev–Trinajstić information content (AvgIpc) is 2.78. The van der Waals surface area contributed by atoms with Gasteiger partial charge in [0.15, 0.2) is 0 Å². The van der Waals surface area contributed by atoms with E-state index < -0.39 is 12.0 Å². The van der Waals surface area contributed by atoms with E-state index in [4.69, 9.17) is 9.94 Å². The van der Waals surface area contributed by atoms with Gasteiger partial charge in [0, 0.05) is 16.9 Å². The van der Waals surface area contributed by atoms with E-state index in [0.717, 1.165) is 9.75 Å². The van der Waals surface area contributed by atoms with Crippen LogP contribution in [-0.4, -0.2) is 46.1 Å². The van der Waals surface area contributed by atoms with Gasteiger partial charge in [0.25, 0.3) is 5.91 Å². The lowest BCUT2D eigenvalue weighted by Crippen LogP contribution is -2.25. The van der Waals surface area contributed by atoms with Gasteiger partial charge in [-0.25, -0.2) is 9.86 Å². The molecule has 0 aliphatic rings. The number of halogens is 1. The summed E-state index contributed by atoms with van der Waals surface area (Å²) in [4.78, 5) is 27.9. The lowest BCUT2D eigenvalue weighted by Gasteiger charge is -2.14. The van der Waals surface area contributed by atoms with E-state index in [-0.39, 0.29) is 0 Å². The number of rotatable bonds is 2. The SMILES string of the molecule is CON(C)C(=O)c1cc2c(cnn2C(=O)O)cc1Br. The third-order valence-electron chi connectivity index (χ3n) is 2.63. The molecule has 2 aromatic rings. The summed E-state index contributed by atoms with van der Waals surface area (Å²) in [6.45, 7) is 0. The minimum atomic E-state index is -1.21. The third-order valence-corrected chi connectivity index (χ3v) is 3.28. The Hall–Kier alpha value is -1.93. The number of hydroxylamine groups is 2. The van der Waals surface area contributed by atoms with Gasteiger partial charge in [-0.3, -0.25) is 9.63 Å². The number of carboxylic acid groups (broad SMARTS) is 1. The van der Waals surface area contributed by atoms with Crippen molar-refractivity contribution in [3.8, 4) is 0 Å². The molecule has 0 saturated carbocycles. The van der Waals surface area contributed by atoms with Crippen LogP contribution in [0.4, 0.5) is 4.79 Å². The van der Waals surface area contributed by atoms with Crippen molar-refractivity contribution in [2.24, 2.45) is 0 Å². The van der Waals surface area contributed by atoms with E-state index >= 15 is 0 Å². The normalized spacial score (nSPS) is 10.7. The molecule has 0 aliphatic carbocycles. The van der Waals surface area contributed by atoms with Gasteiger partial charge < -0.3 is 5.11 Å². The zero-order valence-electron chi connectivity index (χ0n) is 10.1. The van der Waals surface area contributed by atoms with Crippen molar-refractivity contribution in [1.29, 1.82) is 0 Å². The summed E-state index contributed by atoms with van der Waals surface area (Å²) in [5.41, 5.74) is 0.628. The minimum Gasteiger partial charge on any atom is -0.463 e. The van der Waals surface area contributed by atoms with E-state index in [1.807, 2.05) is 0 Å². The summed E-state index contributed by atoms with van der Waals surface area (Å²) in [5.74, 6) is -0.394. The van der Waals surface area contributed by atoms with Crippen LogP contribution in [0, 0.1) is 0 Å². The maximum absolute atomic E-state index is 12.0. The van der Waals surface area contributed by atoms with E-state index in [1.165, 1.54) is 26.4 Å². The van der Waals surface area contributed by atoms with Crippen molar-refractivity contribution in [1.82, 2.24) is 14.8 Å². The number of nitrogens with zero attached hydrogens (tertiary/aromatic N) is 3. The molecule has 2 rings (SSSR count). The predicted octanol–water partition coefficient (Wildman–Crippen LogP) is 1.96. The molecule has 0 atom stereocenters. The van der Waals surface area contributed by atoms with Gasteiger partial charge in [-0.1, -0.05) is 0 Å². The van der Waals surface area contributed by atoms with E-state index in [0.29, 0.717) is 20.9 Å². The second kappa shape index (κ2) is 4.98. The molecule has 0 radical (unpaired) electrons. The van der Waals surface area contributed by atoms with Crippen molar-refractivity contribution in [3.63, 3.8) is 0 Å². The first-order valence-electron chi connectivity index (χ1n) is 5.18. The lowest BCUT2D eigenvalue weighted by molar-refractivity contribution is -0.0757. The standard InChI is InChI=1S/C11H10BrN3O4/c1-14(19-2)10(16)7-4-9-6(3-8(7)12)5-13-15(9)11(17)18/h3-5H,1-2H3,(H,17,18). The molecule has 1 N–H and O–H groups in total. The third kappa shape index (κ3) is 2.32. The van der Waals surface area contributed by atoms with Gasteiger partial charge in [-0.15, -0.1) is 0 Å². The fraction of sp³-hybridized carbons (Fsp3) is 0.182. The summed E-state index contributed by atoms with van der Waals surface area (Å²) in [7, 11) is 2.83. The highest BCUT2D eigenvalue weighted by molar-refractivity contribution is 9.10. The zero-order chi connectivity index (χ0) is 14.2. The van der Waals surface area contributed by atoms with Gasteiger partial charge in [0.1, 0.15) is 0 Å². The van der Waals surface area contributed by atoms with E-state index in [2.05, 4.69) is 21.0 Å². The molecule has 0 bridgehead atoms. The fourth-order valence-electron chi connectivity index (χ4n) is 1.62. The highest BCUT2D eigenvalue weighted by Crippen LogP contribution is 2.25. The Labute approximate surface area is 116 Å². The Morgan fingerprint density at radius 1 is 1.47 bits per heavy atom. The second-order valence-electron chi connectivity index (χ2n) is 3.72. The Kier molecular flexibility index (Phi) is 3.54. The molecule has 7 nitrogen and oxygen atoms in total. The Bertz CT molecular complexity index is 667. The Morgan fingerprint density at radius 2 is 2.16 bits per heavy atom. The maximum atomic E-state index is 12.0. The van der Waals surface area contributed by atoms with Crippen LogP contribution in [0.15, 0.2) is 22.8 Å². The summed E-state index contributed by atoms with van der Waals surface area (Å²) in [6, 6.07) is 3.09. The van der Waals surface area contributed by atoms with Crippen LogP contribution < -0.4 is 0 Å². The number of carbonyl (C=O) groups excluding carboxylic acids is 1. The van der Waals surface area contributed by atoms with Gasteiger partial charge >= 0.3 is 6.09 Å². The molecule has 0 unspecified atom stereocenters. The summed E-state index contributed by atoms with van der Waals surface area (Å²) < 4.78 is 1.35. The van der Waals surface area contributed by atoms with Gasteiger partial charge in [0.05, 0.1) is 24.4 Å². The molecule has 0 aliphatic heterocycles. The second-order valence-corrected chi connectivity index (χ2v) is 4.57. The maximum Gasteiger partial charge on any atom is 0.432 e. The molecule has 8 heteroatoms. The number of hydrogen-bond donors (Lipinski definition) is 1. The lowest BCUT2D eigenvalue weighted by atomic mass is 10.1. The predicted molar refractivity (Wildman–Crippen MR) is 70.0 cm³/mol. The number of fused-ring (bicyclic) bond motifs is 1. The molecule has 0 spiro atoms. The summed E-state index contributed by atoms with van der Waals surface area (Å²) in [5, 5.41) is 14.4. The van der Waals surface area contributed by atoms with Crippen LogP contribution in [0.5, 0.6) is 0 Å². The van der Waals surface area contributed by atoms with E-state index in [1.54, 1.807) is 6.07 Å². The van der Waals surface area contributed by atoms with Crippen molar-refractivity contribution in [2.45, 2.75) is 0 Å². The number of carbonyl (C=O) groups is 2. The minimum absolute atomic E-state index is 0.292. The van der Waals surface area contributed by atoms with Crippen LogP contribution in [0.2, 0.25) is 0 Å². The number of aromatic nitrogens is 2. The monoisotopic (exact) mass is 327 g/mol. The molecule has 0 fully saturated rings. The molecule has 100 valence electrons. The largest absolute Gasteiger partial charge is 0.463 e. The Balaban J connectivity index is 2.62. The Morgan fingerprint density at radius 3 is 2.74 bits per heavy atom. The van der Waals surface area contributed by atoms with Gasteiger partial charge in [-0.2, -0.15) is 9.78 Å². The number of benzene rings is 1. The van der Waals surface area contributed by atoms with Crippen LogP contribution in [-0.2, 0) is 4.84 Å². The molecule has 0 saturated heterocycles. The zero-order valence-corrected chi connectivity index (χ0v) is 11.7. The van der Waals surface area contributed by atoms with Crippen molar-refractivity contribution in [3.05, 3.63) is 28.4 Å². The molecule has 1 heterocycles. The quantitative estimate of drug-likeness (QED) is 0.852. The van der Waals surface area contributed by atoms with Gasteiger partial charge in [0.2, 0.25) is 0 Å². The van der Waals surface area contributed by atoms with E-state index in [9.17, 15) is 9.59 Å². The first-order valence-corrected chi connectivity index (χ1v) is 5.97. The molecular weight excluding hydrogens is 318 g/mol. The van der Waals surface area contributed by atoms with Crippen LogP contribution in [0.3, 0.4) is 0 Å². The average molecular weight is 328 g/mol. The summed E-state index contributed by atoms with van der Waals surface area (Å²) >= 11 is 3.27. The highest BCUT2D eigenvalue weighted by atomic mass is 79.9. The molecule has 1 aromatic heterocycles. The smallest absolute Gasteiger partial charge is 0.432 e. The number of amides is 1. The van der Waals surface area contributed by atoms with Crippen molar-refractivity contribution >= 4 is 38.8 Å². The van der Waals surface area contributed by atoms with Crippen molar-refractivity contribution in [2.75, 3.05) is 14.2 Å². The van der Waals surface area contributed by atoms with Crippen LogP contribution >= 0.6 is 15.9 Å².